The molecule has 1 aliphatic carbocycles. The minimum atomic E-state index is -4.81. The zero-order chi connectivity index (χ0) is 21.0. The molecule has 4 aliphatic rings. The number of fused-ring (bicyclic) bond motifs is 2. The molecule has 5 rings (SSSR count). The first-order valence-corrected chi connectivity index (χ1v) is 10.2. The van der Waals surface area contributed by atoms with Gasteiger partial charge in [0.25, 0.3) is 0 Å². The van der Waals surface area contributed by atoms with E-state index >= 15 is 0 Å². The summed E-state index contributed by atoms with van der Waals surface area (Å²) in [5.74, 6) is -1.26. The summed E-state index contributed by atoms with van der Waals surface area (Å²) in [6.45, 7) is 3.35. The molecule has 0 aromatic heterocycles. The molecular weight excluding hydrogens is 407 g/mol. The second-order valence-electron chi connectivity index (χ2n) is 8.16. The molecule has 3 unspecified atom stereocenters. The molecule has 0 amide bonds. The molecule has 3 aliphatic heterocycles. The van der Waals surface area contributed by atoms with E-state index in [1.807, 2.05) is 0 Å². The maximum atomic E-state index is 12.7. The number of hydrogen-bond donors (Lipinski definition) is 1. The van der Waals surface area contributed by atoms with Gasteiger partial charge in [0.15, 0.2) is 11.5 Å². The maximum Gasteiger partial charge on any atom is 0.573 e. The summed E-state index contributed by atoms with van der Waals surface area (Å²) in [5.41, 5.74) is -0.524. The second kappa shape index (κ2) is 7.23. The van der Waals surface area contributed by atoms with E-state index in [1.54, 1.807) is 0 Å². The Morgan fingerprint density at radius 2 is 1.80 bits per heavy atom. The molecule has 2 saturated heterocycles. The fraction of sp³-hybridized carbons (Fsp3) is 0.700. The van der Waals surface area contributed by atoms with Gasteiger partial charge in [-0.15, -0.1) is 13.2 Å². The Bertz CT molecular complexity index is 793. The summed E-state index contributed by atoms with van der Waals surface area (Å²) in [4.78, 5) is 2.18. The predicted octanol–water partition coefficient (Wildman–Crippen LogP) is 2.58. The number of ether oxygens (including phenoxy) is 5. The van der Waals surface area contributed by atoms with Gasteiger partial charge in [0, 0.05) is 43.8 Å². The van der Waals surface area contributed by atoms with Crippen LogP contribution in [-0.4, -0.2) is 67.4 Å². The smallest absolute Gasteiger partial charge is 0.472 e. The van der Waals surface area contributed by atoms with Crippen molar-refractivity contribution in [2.45, 2.75) is 43.2 Å². The van der Waals surface area contributed by atoms with Crippen molar-refractivity contribution in [1.29, 1.82) is 0 Å². The van der Waals surface area contributed by atoms with Gasteiger partial charge in [-0.05, 0) is 18.2 Å². The highest BCUT2D eigenvalue weighted by molar-refractivity contribution is 5.44. The number of hydrogen-bond acceptors (Lipinski definition) is 7. The van der Waals surface area contributed by atoms with Gasteiger partial charge in [0.2, 0.25) is 0 Å². The highest BCUT2D eigenvalue weighted by Gasteiger charge is 2.61. The third-order valence-electron chi connectivity index (χ3n) is 6.54. The summed E-state index contributed by atoms with van der Waals surface area (Å²) in [6.07, 6.45) is -4.31. The van der Waals surface area contributed by atoms with Crippen LogP contribution in [0.25, 0.3) is 0 Å². The molecule has 1 aromatic carbocycles. The Balaban J connectivity index is 1.52. The lowest BCUT2D eigenvalue weighted by Crippen LogP contribution is -2.67. The summed E-state index contributed by atoms with van der Waals surface area (Å²) in [7, 11) is 0. The Hall–Kier alpha value is -1.59. The van der Waals surface area contributed by atoms with Crippen molar-refractivity contribution in [1.82, 2.24) is 4.90 Å². The lowest BCUT2D eigenvalue weighted by Gasteiger charge is -2.57. The standard InChI is InChI=1S/C20H24F3NO6/c21-20(22,23)29-13-1-2-16-14(11-13)17(25)15-12-18(27-9-10-28-18)3-4-19(15,30-16)24-5-7-26-8-6-24/h1-2,11,15,17,25H,3-10,12H2. The molecule has 1 spiro atoms. The molecule has 30 heavy (non-hydrogen) atoms. The van der Waals surface area contributed by atoms with Crippen molar-refractivity contribution < 1.29 is 42.0 Å². The predicted molar refractivity (Wildman–Crippen MR) is 95.8 cm³/mol. The number of aliphatic hydroxyl groups is 1. The van der Waals surface area contributed by atoms with E-state index in [2.05, 4.69) is 9.64 Å². The molecule has 10 heteroatoms. The van der Waals surface area contributed by atoms with E-state index < -0.39 is 29.9 Å². The van der Waals surface area contributed by atoms with E-state index in [0.29, 0.717) is 64.5 Å². The van der Waals surface area contributed by atoms with Crippen LogP contribution < -0.4 is 9.47 Å². The molecule has 3 atom stereocenters. The number of morpholine rings is 1. The first-order valence-electron chi connectivity index (χ1n) is 10.2. The van der Waals surface area contributed by atoms with Gasteiger partial charge in [-0.2, -0.15) is 0 Å². The summed E-state index contributed by atoms with van der Waals surface area (Å²) < 4.78 is 65.8. The number of benzene rings is 1. The van der Waals surface area contributed by atoms with Crippen LogP contribution >= 0.6 is 0 Å². The highest BCUT2D eigenvalue weighted by atomic mass is 19.4. The first kappa shape index (κ1) is 20.3. The van der Waals surface area contributed by atoms with Gasteiger partial charge < -0.3 is 28.8 Å². The quantitative estimate of drug-likeness (QED) is 0.772. The molecule has 1 aromatic rings. The number of alkyl halides is 3. The van der Waals surface area contributed by atoms with E-state index in [-0.39, 0.29) is 11.3 Å². The van der Waals surface area contributed by atoms with Gasteiger partial charge in [-0.3, -0.25) is 4.90 Å². The van der Waals surface area contributed by atoms with Crippen molar-refractivity contribution in [3.63, 3.8) is 0 Å². The van der Waals surface area contributed by atoms with Crippen molar-refractivity contribution in [2.75, 3.05) is 39.5 Å². The molecule has 1 saturated carbocycles. The maximum absolute atomic E-state index is 12.7. The minimum Gasteiger partial charge on any atom is -0.472 e. The van der Waals surface area contributed by atoms with E-state index in [4.69, 9.17) is 18.9 Å². The van der Waals surface area contributed by atoms with Crippen LogP contribution in [0.2, 0.25) is 0 Å². The fourth-order valence-electron chi connectivity index (χ4n) is 5.25. The Morgan fingerprint density at radius 3 is 2.50 bits per heavy atom. The fourth-order valence-corrected chi connectivity index (χ4v) is 5.25. The molecule has 1 N–H and O–H groups in total. The number of rotatable bonds is 2. The average molecular weight is 431 g/mol. The summed E-state index contributed by atoms with van der Waals surface area (Å²) in [6, 6.07) is 3.85. The molecule has 0 bridgehead atoms. The summed E-state index contributed by atoms with van der Waals surface area (Å²) in [5, 5.41) is 11.3. The third kappa shape index (κ3) is 3.44. The van der Waals surface area contributed by atoms with Gasteiger partial charge in [-0.1, -0.05) is 0 Å². The van der Waals surface area contributed by atoms with E-state index in [0.717, 1.165) is 0 Å². The molecule has 0 radical (unpaired) electrons. The topological polar surface area (TPSA) is 69.6 Å². The van der Waals surface area contributed by atoms with Crippen molar-refractivity contribution >= 4 is 0 Å². The van der Waals surface area contributed by atoms with Crippen LogP contribution in [-0.2, 0) is 14.2 Å². The largest absolute Gasteiger partial charge is 0.573 e. The van der Waals surface area contributed by atoms with E-state index in [9.17, 15) is 18.3 Å². The summed E-state index contributed by atoms with van der Waals surface area (Å²) >= 11 is 0. The van der Waals surface area contributed by atoms with Crippen LogP contribution in [0, 0.1) is 5.92 Å². The Kier molecular flexibility index (Phi) is 4.90. The number of aliphatic hydroxyl groups excluding tert-OH is 1. The zero-order valence-electron chi connectivity index (χ0n) is 16.3. The van der Waals surface area contributed by atoms with Crippen LogP contribution in [0.1, 0.15) is 30.9 Å². The van der Waals surface area contributed by atoms with Gasteiger partial charge in [0.05, 0.1) is 32.5 Å². The lowest BCUT2D eigenvalue weighted by molar-refractivity contribution is -0.277. The highest BCUT2D eigenvalue weighted by Crippen LogP contribution is 2.56. The van der Waals surface area contributed by atoms with Gasteiger partial charge in [-0.25, -0.2) is 0 Å². The van der Waals surface area contributed by atoms with E-state index in [1.165, 1.54) is 18.2 Å². The minimum absolute atomic E-state index is 0.278. The zero-order valence-corrected chi connectivity index (χ0v) is 16.3. The normalized spacial score (nSPS) is 33.6. The Morgan fingerprint density at radius 1 is 1.07 bits per heavy atom. The van der Waals surface area contributed by atoms with Crippen LogP contribution in [0.5, 0.6) is 11.5 Å². The van der Waals surface area contributed by atoms with Crippen molar-refractivity contribution in [3.8, 4) is 11.5 Å². The Labute approximate surface area is 171 Å². The lowest BCUT2D eigenvalue weighted by atomic mass is 9.70. The third-order valence-corrected chi connectivity index (χ3v) is 6.54. The molecule has 3 heterocycles. The average Bonchev–Trinajstić information content (AvgIpc) is 3.17. The van der Waals surface area contributed by atoms with Gasteiger partial charge >= 0.3 is 6.36 Å². The van der Waals surface area contributed by atoms with Gasteiger partial charge in [0.1, 0.15) is 11.5 Å². The second-order valence-corrected chi connectivity index (χ2v) is 8.16. The molecule has 166 valence electrons. The molecule has 7 nitrogen and oxygen atoms in total. The number of nitrogens with zero attached hydrogens (tertiary/aromatic N) is 1. The van der Waals surface area contributed by atoms with Crippen molar-refractivity contribution in [3.05, 3.63) is 23.8 Å². The first-order chi connectivity index (χ1) is 14.3. The van der Waals surface area contributed by atoms with Crippen LogP contribution in [0.15, 0.2) is 18.2 Å². The number of halogens is 3. The molecular formula is C20H24F3NO6. The SMILES string of the molecule is OC1c2cc(OC(F)(F)F)ccc2OC2(N3CCOCC3)CCC3(CC12)OCCO3. The van der Waals surface area contributed by atoms with Crippen molar-refractivity contribution in [2.24, 2.45) is 5.92 Å². The monoisotopic (exact) mass is 431 g/mol. The molecule has 3 fully saturated rings. The van der Waals surface area contributed by atoms with Crippen LogP contribution in [0.3, 0.4) is 0 Å². The van der Waals surface area contributed by atoms with Crippen LogP contribution in [0.4, 0.5) is 13.2 Å².